The Morgan fingerprint density at radius 3 is 2.28 bits per heavy atom. The van der Waals surface area contributed by atoms with E-state index in [-0.39, 0.29) is 22.8 Å². The Bertz CT molecular complexity index is 383. The zero-order chi connectivity index (χ0) is 14.2. The van der Waals surface area contributed by atoms with Crippen LogP contribution in [0.3, 0.4) is 0 Å². The number of rotatable bonds is 6. The van der Waals surface area contributed by atoms with Crippen molar-refractivity contribution in [1.82, 2.24) is 0 Å². The summed E-state index contributed by atoms with van der Waals surface area (Å²) in [5.74, 6) is 0.291. The van der Waals surface area contributed by atoms with Crippen LogP contribution in [0.15, 0.2) is 0 Å². The van der Waals surface area contributed by atoms with Gasteiger partial charge >= 0.3 is 0 Å². The van der Waals surface area contributed by atoms with E-state index in [1.165, 1.54) is 0 Å². The van der Waals surface area contributed by atoms with Crippen molar-refractivity contribution < 1.29 is 17.0 Å². The lowest BCUT2D eigenvalue weighted by molar-refractivity contribution is 0.228. The Kier molecular flexibility index (Phi) is 4.69. The van der Waals surface area contributed by atoms with E-state index in [0.29, 0.717) is 6.61 Å². The maximum atomic E-state index is 11.3. The second-order valence-electron chi connectivity index (χ2n) is 6.55. The molecule has 1 aliphatic rings. The van der Waals surface area contributed by atoms with Crippen molar-refractivity contribution in [3.63, 3.8) is 0 Å². The summed E-state index contributed by atoms with van der Waals surface area (Å²) in [6.07, 6.45) is 0.646. The summed E-state index contributed by atoms with van der Waals surface area (Å²) in [6.45, 7) is 13.2. The Morgan fingerprint density at radius 1 is 1.28 bits per heavy atom. The Labute approximate surface area is 112 Å². The van der Waals surface area contributed by atoms with Crippen molar-refractivity contribution >= 4 is 18.4 Å². The molecule has 4 nitrogen and oxygen atoms in total. The van der Waals surface area contributed by atoms with Crippen LogP contribution in [0.5, 0.6) is 0 Å². The molecule has 0 amide bonds. The first-order chi connectivity index (χ1) is 7.98. The smallest absolute Gasteiger partial charge is 0.267 e. The highest BCUT2D eigenvalue weighted by Gasteiger charge is 2.44. The van der Waals surface area contributed by atoms with E-state index in [4.69, 9.17) is 8.61 Å². The minimum atomic E-state index is -3.32. The molecule has 0 aromatic heterocycles. The third-order valence-electron chi connectivity index (χ3n) is 3.95. The van der Waals surface area contributed by atoms with Crippen LogP contribution in [0.4, 0.5) is 0 Å². The first-order valence-electron chi connectivity index (χ1n) is 6.53. The molecule has 6 heteroatoms. The highest BCUT2D eigenvalue weighted by Crippen LogP contribution is 2.40. The molecule has 0 aromatic carbocycles. The topological polar surface area (TPSA) is 52.6 Å². The maximum absolute atomic E-state index is 11.3. The predicted molar refractivity (Wildman–Crippen MR) is 75.6 cm³/mol. The molecule has 0 aliphatic heterocycles. The number of hydrogen-bond acceptors (Lipinski definition) is 4. The fraction of sp³-hybridized carbons (Fsp3) is 1.00. The van der Waals surface area contributed by atoms with Gasteiger partial charge in [0, 0.05) is 12.5 Å². The first-order valence-corrected chi connectivity index (χ1v) is 11.0. The second kappa shape index (κ2) is 5.23. The van der Waals surface area contributed by atoms with Crippen LogP contribution >= 0.6 is 0 Å². The van der Waals surface area contributed by atoms with E-state index in [9.17, 15) is 8.42 Å². The minimum absolute atomic E-state index is 0.0410. The fourth-order valence-corrected chi connectivity index (χ4v) is 3.11. The summed E-state index contributed by atoms with van der Waals surface area (Å²) in [7, 11) is -5.04. The van der Waals surface area contributed by atoms with Gasteiger partial charge in [-0.15, -0.1) is 0 Å². The van der Waals surface area contributed by atoms with Gasteiger partial charge in [-0.1, -0.05) is 20.8 Å². The van der Waals surface area contributed by atoms with Gasteiger partial charge in [0.1, 0.15) is 0 Å². The molecule has 0 saturated heterocycles. The van der Waals surface area contributed by atoms with Crippen LogP contribution in [-0.4, -0.2) is 35.2 Å². The van der Waals surface area contributed by atoms with Crippen LogP contribution in [0.2, 0.25) is 18.1 Å². The molecule has 0 spiro atoms. The van der Waals surface area contributed by atoms with Crippen LogP contribution in [0, 0.1) is 5.92 Å². The van der Waals surface area contributed by atoms with Crippen molar-refractivity contribution in [2.24, 2.45) is 5.92 Å². The van der Waals surface area contributed by atoms with Crippen LogP contribution < -0.4 is 0 Å². The van der Waals surface area contributed by atoms with Crippen LogP contribution in [0.25, 0.3) is 0 Å². The third-order valence-corrected chi connectivity index (χ3v) is 9.69. The number of hydrogen-bond donors (Lipinski definition) is 0. The normalized spacial score (nSPS) is 25.2. The molecule has 1 aliphatic carbocycles. The highest BCUT2D eigenvalue weighted by molar-refractivity contribution is 7.86. The molecule has 0 aromatic rings. The summed E-state index contributed by atoms with van der Waals surface area (Å²) in [5, 5.41) is 0.188. The SMILES string of the molecule is CCS(=O)(=O)O[C@@H]1C[C@@H]1CO[Si](C)(C)C(C)(C)C. The lowest BCUT2D eigenvalue weighted by atomic mass is 10.2. The van der Waals surface area contributed by atoms with Crippen molar-refractivity contribution in [3.05, 3.63) is 0 Å². The monoisotopic (exact) mass is 294 g/mol. The van der Waals surface area contributed by atoms with Gasteiger partial charge in [0.25, 0.3) is 10.1 Å². The van der Waals surface area contributed by atoms with Gasteiger partial charge in [-0.05, 0) is 31.5 Å². The standard InChI is InChI=1S/C12H26O4SSi/c1-7-17(13,14)16-11-8-10(11)9-15-18(5,6)12(2,3)4/h10-11H,7-9H2,1-6H3/t10-,11-/m1/s1. The van der Waals surface area contributed by atoms with Gasteiger partial charge in [0.2, 0.25) is 0 Å². The van der Waals surface area contributed by atoms with Gasteiger partial charge in [-0.3, -0.25) is 4.18 Å². The van der Waals surface area contributed by atoms with Crippen molar-refractivity contribution in [2.75, 3.05) is 12.4 Å². The highest BCUT2D eigenvalue weighted by atomic mass is 32.2. The molecule has 1 saturated carbocycles. The van der Waals surface area contributed by atoms with E-state index in [0.717, 1.165) is 6.42 Å². The van der Waals surface area contributed by atoms with E-state index >= 15 is 0 Å². The van der Waals surface area contributed by atoms with Gasteiger partial charge in [-0.25, -0.2) is 0 Å². The van der Waals surface area contributed by atoms with Crippen molar-refractivity contribution in [3.8, 4) is 0 Å². The molecular weight excluding hydrogens is 268 g/mol. The van der Waals surface area contributed by atoms with Gasteiger partial charge in [-0.2, -0.15) is 8.42 Å². The lowest BCUT2D eigenvalue weighted by Crippen LogP contribution is -2.41. The van der Waals surface area contributed by atoms with Gasteiger partial charge in [0.15, 0.2) is 8.32 Å². The zero-order valence-electron chi connectivity index (χ0n) is 12.3. The summed E-state index contributed by atoms with van der Waals surface area (Å²) in [6, 6.07) is 0. The fourth-order valence-electron chi connectivity index (χ4n) is 1.30. The second-order valence-corrected chi connectivity index (χ2v) is 13.2. The molecule has 1 fully saturated rings. The molecule has 2 atom stereocenters. The maximum Gasteiger partial charge on any atom is 0.267 e. The van der Waals surface area contributed by atoms with Crippen molar-refractivity contribution in [2.45, 2.75) is 58.4 Å². The molecule has 0 radical (unpaired) electrons. The Morgan fingerprint density at radius 2 is 1.83 bits per heavy atom. The summed E-state index contributed by atoms with van der Waals surface area (Å²) in [5.41, 5.74) is 0. The van der Waals surface area contributed by atoms with Crippen LogP contribution in [0.1, 0.15) is 34.1 Å². The third kappa shape index (κ3) is 4.33. The molecule has 0 heterocycles. The van der Waals surface area contributed by atoms with Gasteiger partial charge in [0.05, 0.1) is 11.9 Å². The molecule has 1 rings (SSSR count). The summed E-state index contributed by atoms with van der Waals surface area (Å²) < 4.78 is 33.7. The predicted octanol–water partition coefficient (Wildman–Crippen LogP) is 2.76. The Balaban J connectivity index is 2.37. The summed E-state index contributed by atoms with van der Waals surface area (Å²) in [4.78, 5) is 0. The quantitative estimate of drug-likeness (QED) is 0.558. The first kappa shape index (κ1) is 16.1. The lowest BCUT2D eigenvalue weighted by Gasteiger charge is -2.36. The molecule has 18 heavy (non-hydrogen) atoms. The van der Waals surface area contributed by atoms with E-state index < -0.39 is 18.4 Å². The van der Waals surface area contributed by atoms with Crippen LogP contribution in [-0.2, 0) is 18.7 Å². The summed E-state index contributed by atoms with van der Waals surface area (Å²) >= 11 is 0. The molecule has 0 bridgehead atoms. The van der Waals surface area contributed by atoms with E-state index in [1.54, 1.807) is 6.92 Å². The largest absolute Gasteiger partial charge is 0.416 e. The average molecular weight is 294 g/mol. The minimum Gasteiger partial charge on any atom is -0.416 e. The Hall–Kier alpha value is 0.0869. The average Bonchev–Trinajstić information content (AvgIpc) is 2.91. The molecule has 0 unspecified atom stereocenters. The van der Waals surface area contributed by atoms with Crippen molar-refractivity contribution in [1.29, 1.82) is 0 Å². The molecule has 0 N–H and O–H groups in total. The molecule has 108 valence electrons. The molecular formula is C12H26O4SSi. The zero-order valence-corrected chi connectivity index (χ0v) is 14.1. The van der Waals surface area contributed by atoms with Gasteiger partial charge < -0.3 is 4.43 Å². The van der Waals surface area contributed by atoms with E-state index in [2.05, 4.69) is 33.9 Å². The van der Waals surface area contributed by atoms with E-state index in [1.807, 2.05) is 0 Å².